The van der Waals surface area contributed by atoms with Crippen LogP contribution in [0.15, 0.2) is 50.2 Å². The second-order valence-corrected chi connectivity index (χ2v) is 10.3. The molecule has 3 aromatic rings. The molecular formula is C26H27Br3ClN3O9. The quantitative estimate of drug-likeness (QED) is 0.228. The number of ether oxygens (including phenoxy) is 5. The number of hydrogen-bond donors (Lipinski definition) is 1. The monoisotopic (exact) mass is 806 g/mol. The highest BCUT2D eigenvalue weighted by Crippen LogP contribution is 2.21. The minimum Gasteiger partial charge on any atom is -0.480 e. The molecule has 4 rings (SSSR count). The molecule has 1 fully saturated rings. The van der Waals surface area contributed by atoms with Gasteiger partial charge < -0.3 is 28.8 Å². The first kappa shape index (κ1) is 24.6. The van der Waals surface area contributed by atoms with E-state index in [0.29, 0.717) is 13.4 Å². The third-order valence-electron chi connectivity index (χ3n) is 4.41. The number of methoxy groups -OCH3 is 4. The van der Waals surface area contributed by atoms with Crippen molar-refractivity contribution >= 4 is 77.3 Å². The lowest BCUT2D eigenvalue weighted by Crippen LogP contribution is -2.05. The maximum atomic E-state index is 11.6. The average molecular weight is 810 g/mol. The Labute approximate surface area is 285 Å². The number of esters is 2. The Morgan fingerprint density at radius 3 is 1.74 bits per heavy atom. The van der Waals surface area contributed by atoms with Gasteiger partial charge >= 0.3 is 17.9 Å². The summed E-state index contributed by atoms with van der Waals surface area (Å²) >= 11 is 14.8. The van der Waals surface area contributed by atoms with Crippen molar-refractivity contribution in [2.75, 3.05) is 41.4 Å². The summed E-state index contributed by atoms with van der Waals surface area (Å²) in [5.74, 6) is -4.01. The Balaban J connectivity index is 0.000000364. The molecule has 1 N–H and O–H groups in total. The van der Waals surface area contributed by atoms with Crippen LogP contribution in [-0.4, -0.2) is 79.4 Å². The topological polar surface area (TPSA) is 156 Å². The van der Waals surface area contributed by atoms with Crippen molar-refractivity contribution in [3.05, 3.63) is 72.1 Å². The molecule has 0 amide bonds. The molecule has 0 unspecified atom stereocenters. The van der Waals surface area contributed by atoms with Crippen LogP contribution in [0, 0.1) is 0 Å². The van der Waals surface area contributed by atoms with Gasteiger partial charge in [-0.3, -0.25) is 0 Å². The molecule has 0 bridgehead atoms. The number of nitrogens with zero attached hydrogens (tertiary/aromatic N) is 3. The van der Waals surface area contributed by atoms with Gasteiger partial charge in [0.1, 0.15) is 16.3 Å². The largest absolute Gasteiger partial charge is 0.480 e. The molecule has 228 valence electrons. The first-order chi connectivity index (χ1) is 23.4. The van der Waals surface area contributed by atoms with Crippen molar-refractivity contribution in [3.8, 4) is 11.8 Å². The van der Waals surface area contributed by atoms with Gasteiger partial charge in [0.05, 0.1) is 46.1 Å². The lowest BCUT2D eigenvalue weighted by atomic mass is 10.3. The van der Waals surface area contributed by atoms with Crippen molar-refractivity contribution < 1.29 is 55.5 Å². The molecular weight excluding hydrogens is 773 g/mol. The molecule has 1 aliphatic heterocycles. The van der Waals surface area contributed by atoms with Crippen LogP contribution in [-0.2, 0) is 14.2 Å². The molecule has 16 heteroatoms. The minimum atomic E-state index is -2.95. The summed E-state index contributed by atoms with van der Waals surface area (Å²) in [4.78, 5) is 44.3. The molecule has 0 aromatic carbocycles. The fourth-order valence-electron chi connectivity index (χ4n) is 2.56. The molecule has 1 aliphatic rings. The Morgan fingerprint density at radius 2 is 1.29 bits per heavy atom. The van der Waals surface area contributed by atoms with E-state index in [1.807, 2.05) is 0 Å². The van der Waals surface area contributed by atoms with Crippen LogP contribution < -0.4 is 9.47 Å². The Bertz CT molecular complexity index is 1640. The number of carbonyl (C=O) groups excluding carboxylic acids is 2. The number of hydrogen-bond acceptors (Lipinski definition) is 11. The molecule has 4 heterocycles. The number of carbonyl (C=O) groups is 3. The summed E-state index contributed by atoms with van der Waals surface area (Å²) in [7, 11) is -7.20. The van der Waals surface area contributed by atoms with Gasteiger partial charge in [-0.15, -0.1) is 0 Å². The molecule has 42 heavy (non-hydrogen) atoms. The highest BCUT2D eigenvalue weighted by Gasteiger charge is 2.14. The van der Waals surface area contributed by atoms with Gasteiger partial charge in [0.25, 0.3) is 0 Å². The first-order valence-electron chi connectivity index (χ1n) is 15.5. The number of carboxylic acids is 1. The van der Waals surface area contributed by atoms with Crippen LogP contribution >= 0.6 is 59.4 Å². The molecule has 0 aliphatic carbocycles. The fourth-order valence-corrected chi connectivity index (χ4v) is 3.73. The predicted molar refractivity (Wildman–Crippen MR) is 164 cm³/mol. The predicted octanol–water partition coefficient (Wildman–Crippen LogP) is 6.27. The van der Waals surface area contributed by atoms with E-state index >= 15 is 0 Å². The van der Waals surface area contributed by atoms with Gasteiger partial charge in [0, 0.05) is 45.2 Å². The molecule has 0 radical (unpaired) electrons. The summed E-state index contributed by atoms with van der Waals surface area (Å²) in [5, 5.41) is 8.91. The number of aromatic carboxylic acids is 1. The van der Waals surface area contributed by atoms with Crippen LogP contribution in [0.4, 0.5) is 0 Å². The first-order valence-corrected chi connectivity index (χ1v) is 13.8. The normalized spacial score (nSPS) is 15.3. The number of aromatic nitrogens is 3. The molecule has 1 saturated heterocycles. The summed E-state index contributed by atoms with van der Waals surface area (Å²) in [6.45, 7) is 2.00. The zero-order chi connectivity index (χ0) is 39.2. The fraction of sp³-hybridized carbons (Fsp3) is 0.308. The lowest BCUT2D eigenvalue weighted by Gasteiger charge is -2.04. The molecule has 0 spiro atoms. The zero-order valence-electron chi connectivity index (χ0n) is 30.4. The summed E-state index contributed by atoms with van der Waals surface area (Å²) in [5.41, 5.74) is -0.448. The van der Waals surface area contributed by atoms with E-state index in [4.69, 9.17) is 33.8 Å². The van der Waals surface area contributed by atoms with E-state index in [9.17, 15) is 14.4 Å². The smallest absolute Gasteiger partial charge is 0.343 e. The second kappa shape index (κ2) is 20.1. The number of rotatable bonds is 5. The van der Waals surface area contributed by atoms with E-state index in [2.05, 4.69) is 81.7 Å². The van der Waals surface area contributed by atoms with Crippen molar-refractivity contribution in [1.82, 2.24) is 15.0 Å². The molecule has 12 nitrogen and oxygen atoms in total. The van der Waals surface area contributed by atoms with Crippen LogP contribution in [0.2, 0.25) is 5.15 Å². The molecule has 3 aromatic heterocycles. The standard InChI is InChI=1S/C8H8BrNO3.C7H5BrClNO2.C7H6BrNO3.C4H8O/c1-12-7-6(8(11)13-2)3-5(9)4-10-7;1-12-7(11)5-2-4(8)3-10-6(5)9;1-12-6-5(7(10)11)2-4(8)3-9-6;1-2-4-5-3-1/h3-4H,1-2H3;2-3H,1H3;2-3H,1H3,(H,10,11);1-4H2/i1D3,2D3;;1D3;. The maximum Gasteiger partial charge on any atom is 0.343 e. The second-order valence-electron chi connectivity index (χ2n) is 7.21. The highest BCUT2D eigenvalue weighted by molar-refractivity contribution is 9.11. The zero-order valence-corrected chi connectivity index (χ0v) is 26.9. The van der Waals surface area contributed by atoms with Crippen LogP contribution in [0.3, 0.4) is 0 Å². The Kier molecular flexibility index (Phi) is 11.8. The Hall–Kier alpha value is -2.85. The summed E-state index contributed by atoms with van der Waals surface area (Å²) in [6, 6.07) is 3.93. The van der Waals surface area contributed by atoms with E-state index in [1.54, 1.807) is 6.07 Å². The van der Waals surface area contributed by atoms with Crippen molar-refractivity contribution in [2.24, 2.45) is 0 Å². The van der Waals surface area contributed by atoms with Gasteiger partial charge in [-0.2, -0.15) is 0 Å². The summed E-state index contributed by atoms with van der Waals surface area (Å²) in [6.07, 6.45) is 6.52. The average Bonchev–Trinajstić information content (AvgIpc) is 3.59. The number of halogens is 4. The van der Waals surface area contributed by atoms with Gasteiger partial charge in [0.2, 0.25) is 11.8 Å². The summed E-state index contributed by atoms with van der Waals surface area (Å²) < 4.78 is 85.8. The van der Waals surface area contributed by atoms with Crippen LogP contribution in [0.5, 0.6) is 11.8 Å². The van der Waals surface area contributed by atoms with Gasteiger partial charge in [-0.05, 0) is 78.8 Å². The van der Waals surface area contributed by atoms with Gasteiger partial charge in [-0.1, -0.05) is 11.6 Å². The minimum absolute atomic E-state index is 0.144. The Morgan fingerprint density at radius 1 is 0.810 bits per heavy atom. The van der Waals surface area contributed by atoms with E-state index in [-0.39, 0.29) is 16.3 Å². The number of carboxylic acid groups (broad SMARTS) is 1. The molecule has 0 atom stereocenters. The van der Waals surface area contributed by atoms with Crippen molar-refractivity contribution in [2.45, 2.75) is 12.8 Å². The van der Waals surface area contributed by atoms with Crippen molar-refractivity contribution in [1.29, 1.82) is 0 Å². The van der Waals surface area contributed by atoms with Crippen LogP contribution in [0.25, 0.3) is 0 Å². The maximum absolute atomic E-state index is 11.6. The van der Waals surface area contributed by atoms with E-state index in [1.165, 1.54) is 44.6 Å². The van der Waals surface area contributed by atoms with E-state index < -0.39 is 56.3 Å². The third-order valence-corrected chi connectivity index (χ3v) is 6.01. The highest BCUT2D eigenvalue weighted by atomic mass is 79.9. The number of pyridine rings is 3. The van der Waals surface area contributed by atoms with Gasteiger partial charge in [0.15, 0.2) is 0 Å². The van der Waals surface area contributed by atoms with E-state index in [0.717, 1.165) is 19.3 Å². The van der Waals surface area contributed by atoms with Crippen molar-refractivity contribution in [3.63, 3.8) is 0 Å². The van der Waals surface area contributed by atoms with Crippen LogP contribution in [0.1, 0.15) is 56.3 Å². The third kappa shape index (κ3) is 13.0. The lowest BCUT2D eigenvalue weighted by molar-refractivity contribution is 0.0589. The van der Waals surface area contributed by atoms with Gasteiger partial charge in [-0.25, -0.2) is 29.3 Å². The SMILES string of the molecule is C1CCOC1.COC(=O)c1cc(Br)cnc1Cl.[2H]C([2H])([2H])OC(=O)c1cc(Br)cnc1OC([2H])([2H])[2H].[2H]C([2H])([2H])Oc1ncc(Br)cc1C(=O)O. The molecule has 0 saturated carbocycles.